The Morgan fingerprint density at radius 1 is 1.18 bits per heavy atom. The quantitative estimate of drug-likeness (QED) is 0.589. The lowest BCUT2D eigenvalue weighted by molar-refractivity contribution is -0.120. The summed E-state index contributed by atoms with van der Waals surface area (Å²) in [6.45, 7) is 5.25. The van der Waals surface area contributed by atoms with E-state index in [1.165, 1.54) is 12.1 Å². The molecule has 0 saturated heterocycles. The Labute approximate surface area is 170 Å². The molecule has 152 valence electrons. The van der Waals surface area contributed by atoms with Crippen molar-refractivity contribution in [2.75, 3.05) is 26.9 Å². The molecule has 0 unspecified atom stereocenters. The highest BCUT2D eigenvalue weighted by Gasteiger charge is 2.23. The van der Waals surface area contributed by atoms with Gasteiger partial charge in [-0.3, -0.25) is 10.1 Å². The Morgan fingerprint density at radius 3 is 2.68 bits per heavy atom. The van der Waals surface area contributed by atoms with Gasteiger partial charge in [0.05, 0.1) is 13.2 Å². The summed E-state index contributed by atoms with van der Waals surface area (Å²) in [5.74, 6) is 0.182. The van der Waals surface area contributed by atoms with Gasteiger partial charge in [-0.05, 0) is 49.2 Å². The van der Waals surface area contributed by atoms with E-state index < -0.39 is 11.4 Å². The number of ether oxygens (including phenoxy) is 2. The number of halogens is 2. The van der Waals surface area contributed by atoms with Gasteiger partial charge in [-0.1, -0.05) is 29.8 Å². The lowest BCUT2D eigenvalue weighted by Crippen LogP contribution is -2.43. The Bertz CT molecular complexity index is 799. The molecule has 2 rings (SSSR count). The Morgan fingerprint density at radius 2 is 1.96 bits per heavy atom. The molecule has 7 heteroatoms. The number of hydrogen-bond donors (Lipinski definition) is 2. The van der Waals surface area contributed by atoms with E-state index in [9.17, 15) is 9.18 Å². The molecule has 2 aromatic carbocycles. The van der Waals surface area contributed by atoms with Crippen LogP contribution < -0.4 is 15.4 Å². The largest absolute Gasteiger partial charge is 0.491 e. The molecular weight excluding hydrogens is 383 g/mol. The minimum absolute atomic E-state index is 0.102. The van der Waals surface area contributed by atoms with E-state index in [0.29, 0.717) is 24.8 Å². The molecule has 0 radical (unpaired) electrons. The first-order chi connectivity index (χ1) is 13.3. The van der Waals surface area contributed by atoms with Crippen LogP contribution in [0.5, 0.6) is 5.75 Å². The molecule has 0 aromatic heterocycles. The van der Waals surface area contributed by atoms with E-state index in [-0.39, 0.29) is 12.5 Å². The third kappa shape index (κ3) is 6.78. The number of carbonyl (C=O) groups excluding carboxylic acids is 1. The van der Waals surface area contributed by atoms with Gasteiger partial charge in [0.15, 0.2) is 0 Å². The van der Waals surface area contributed by atoms with E-state index in [4.69, 9.17) is 21.1 Å². The predicted molar refractivity (Wildman–Crippen MR) is 108 cm³/mol. The lowest BCUT2D eigenvalue weighted by atomic mass is 9.94. The zero-order valence-corrected chi connectivity index (χ0v) is 17.1. The molecule has 2 N–H and O–H groups in total. The highest BCUT2D eigenvalue weighted by Crippen LogP contribution is 2.28. The molecule has 0 aliphatic heterocycles. The smallest absolute Gasteiger partial charge is 0.234 e. The van der Waals surface area contributed by atoms with E-state index >= 15 is 0 Å². The molecule has 0 saturated carbocycles. The molecule has 0 bridgehead atoms. The van der Waals surface area contributed by atoms with Gasteiger partial charge in [-0.15, -0.1) is 0 Å². The second-order valence-electron chi connectivity index (χ2n) is 6.87. The van der Waals surface area contributed by atoms with Gasteiger partial charge in [0, 0.05) is 24.2 Å². The van der Waals surface area contributed by atoms with Gasteiger partial charge in [0.1, 0.15) is 18.2 Å². The van der Waals surface area contributed by atoms with Gasteiger partial charge in [-0.2, -0.15) is 0 Å². The van der Waals surface area contributed by atoms with E-state index in [2.05, 4.69) is 10.6 Å². The van der Waals surface area contributed by atoms with Crippen molar-refractivity contribution in [3.63, 3.8) is 0 Å². The predicted octanol–water partition coefficient (Wildman–Crippen LogP) is 3.65. The van der Waals surface area contributed by atoms with Crippen molar-refractivity contribution >= 4 is 17.5 Å². The number of hydrogen-bond acceptors (Lipinski definition) is 4. The van der Waals surface area contributed by atoms with Gasteiger partial charge < -0.3 is 14.8 Å². The molecule has 0 aliphatic rings. The molecule has 0 atom stereocenters. The first kappa shape index (κ1) is 22.1. The van der Waals surface area contributed by atoms with Crippen molar-refractivity contribution in [1.29, 1.82) is 0 Å². The Kier molecular flexibility index (Phi) is 8.23. The zero-order chi connectivity index (χ0) is 20.6. The number of carbonyl (C=O) groups is 1. The number of methoxy groups -OCH3 is 1. The molecular formula is C21H26ClFN2O3. The van der Waals surface area contributed by atoms with Crippen LogP contribution in [0.3, 0.4) is 0 Å². The molecule has 0 fully saturated rings. The van der Waals surface area contributed by atoms with Crippen molar-refractivity contribution in [2.45, 2.75) is 25.9 Å². The first-order valence-corrected chi connectivity index (χ1v) is 9.37. The van der Waals surface area contributed by atoms with Crippen LogP contribution in [0.1, 0.15) is 25.0 Å². The van der Waals surface area contributed by atoms with Crippen LogP contribution in [-0.2, 0) is 21.6 Å². The van der Waals surface area contributed by atoms with E-state index in [1.807, 2.05) is 38.1 Å². The second kappa shape index (κ2) is 10.4. The van der Waals surface area contributed by atoms with Gasteiger partial charge in [0.2, 0.25) is 5.91 Å². The fourth-order valence-corrected chi connectivity index (χ4v) is 3.05. The van der Waals surface area contributed by atoms with Gasteiger partial charge in [0.25, 0.3) is 0 Å². The molecule has 5 nitrogen and oxygen atoms in total. The minimum atomic E-state index is -0.586. The number of amides is 1. The van der Waals surface area contributed by atoms with Crippen molar-refractivity contribution in [3.05, 3.63) is 64.4 Å². The standard InChI is InChI=1S/C21H26ClFN2O3/c1-21(2,18-8-7-16(23)12-19(18)22)25-14-20(26)24-13-15-5-4-6-17(11-15)28-10-9-27-3/h4-8,11-12,25H,9-10,13-14H2,1-3H3,(H,24,26). The SMILES string of the molecule is COCCOc1cccc(CNC(=O)CNC(C)(C)c2ccc(F)cc2Cl)c1. The number of nitrogens with one attached hydrogen (secondary N) is 2. The highest BCUT2D eigenvalue weighted by molar-refractivity contribution is 6.31. The summed E-state index contributed by atoms with van der Waals surface area (Å²) in [6.07, 6.45) is 0. The third-order valence-corrected chi connectivity index (χ3v) is 4.55. The summed E-state index contributed by atoms with van der Waals surface area (Å²) in [6, 6.07) is 11.8. The summed E-state index contributed by atoms with van der Waals surface area (Å²) in [5.41, 5.74) is 1.07. The average Bonchev–Trinajstić information content (AvgIpc) is 2.65. The summed E-state index contributed by atoms with van der Waals surface area (Å²) >= 11 is 6.13. The Hall–Kier alpha value is -2.15. The molecule has 0 aliphatic carbocycles. The Balaban J connectivity index is 1.84. The molecule has 1 amide bonds. The average molecular weight is 409 g/mol. The monoisotopic (exact) mass is 408 g/mol. The van der Waals surface area contributed by atoms with Crippen LogP contribution in [0.25, 0.3) is 0 Å². The maximum atomic E-state index is 13.2. The van der Waals surface area contributed by atoms with Gasteiger partial charge in [-0.25, -0.2) is 4.39 Å². The molecule has 0 spiro atoms. The maximum absolute atomic E-state index is 13.2. The lowest BCUT2D eigenvalue weighted by Gasteiger charge is -2.27. The van der Waals surface area contributed by atoms with Crippen LogP contribution in [0.2, 0.25) is 5.02 Å². The summed E-state index contributed by atoms with van der Waals surface area (Å²) < 4.78 is 23.8. The van der Waals surface area contributed by atoms with Gasteiger partial charge >= 0.3 is 0 Å². The van der Waals surface area contributed by atoms with Crippen molar-refractivity contribution in [1.82, 2.24) is 10.6 Å². The molecule has 28 heavy (non-hydrogen) atoms. The van der Waals surface area contributed by atoms with E-state index in [0.717, 1.165) is 16.9 Å². The van der Waals surface area contributed by atoms with Crippen LogP contribution in [0, 0.1) is 5.82 Å². The summed E-state index contributed by atoms with van der Waals surface area (Å²) in [5, 5.41) is 6.35. The topological polar surface area (TPSA) is 59.6 Å². The fourth-order valence-electron chi connectivity index (χ4n) is 2.64. The van der Waals surface area contributed by atoms with Crippen LogP contribution in [0.15, 0.2) is 42.5 Å². The van der Waals surface area contributed by atoms with E-state index in [1.54, 1.807) is 13.2 Å². The fraction of sp³-hybridized carbons (Fsp3) is 0.381. The van der Waals surface area contributed by atoms with Crippen molar-refractivity contribution < 1.29 is 18.7 Å². The molecule has 2 aromatic rings. The summed E-state index contributed by atoms with van der Waals surface area (Å²) in [4.78, 5) is 12.2. The first-order valence-electron chi connectivity index (χ1n) is 9.00. The van der Waals surface area contributed by atoms with Crippen LogP contribution in [0.4, 0.5) is 4.39 Å². The van der Waals surface area contributed by atoms with Crippen molar-refractivity contribution in [2.24, 2.45) is 0 Å². The zero-order valence-electron chi connectivity index (χ0n) is 16.4. The number of benzene rings is 2. The highest BCUT2D eigenvalue weighted by atomic mass is 35.5. The number of rotatable bonds is 10. The molecule has 0 heterocycles. The normalized spacial score (nSPS) is 11.3. The second-order valence-corrected chi connectivity index (χ2v) is 7.28. The van der Waals surface area contributed by atoms with Crippen LogP contribution >= 0.6 is 11.6 Å². The summed E-state index contributed by atoms with van der Waals surface area (Å²) in [7, 11) is 1.62. The minimum Gasteiger partial charge on any atom is -0.491 e. The maximum Gasteiger partial charge on any atom is 0.234 e. The van der Waals surface area contributed by atoms with Crippen LogP contribution in [-0.4, -0.2) is 32.8 Å². The third-order valence-electron chi connectivity index (χ3n) is 4.24. The van der Waals surface area contributed by atoms with Crippen molar-refractivity contribution in [3.8, 4) is 5.75 Å².